The van der Waals surface area contributed by atoms with Crippen LogP contribution in [0.15, 0.2) is 16.6 Å². The third-order valence-corrected chi connectivity index (χ3v) is 2.30. The van der Waals surface area contributed by atoms with Crippen molar-refractivity contribution in [3.8, 4) is 5.75 Å². The van der Waals surface area contributed by atoms with Crippen molar-refractivity contribution in [1.82, 2.24) is 0 Å². The number of rotatable bonds is 2. The summed E-state index contributed by atoms with van der Waals surface area (Å²) in [5.41, 5.74) is 0.0212. The molecule has 0 heterocycles. The van der Waals surface area contributed by atoms with Crippen molar-refractivity contribution in [2.45, 2.75) is 0 Å². The average Bonchev–Trinajstić information content (AvgIpc) is 2.08. The van der Waals surface area contributed by atoms with E-state index in [9.17, 15) is 4.79 Å². The summed E-state index contributed by atoms with van der Waals surface area (Å²) >= 11 is 8.90. The summed E-state index contributed by atoms with van der Waals surface area (Å²) in [5, 5.41) is 8.86. The van der Waals surface area contributed by atoms with E-state index in [-0.39, 0.29) is 10.6 Å². The van der Waals surface area contributed by atoms with E-state index in [1.807, 2.05) is 0 Å². The predicted octanol–water partition coefficient (Wildman–Crippen LogP) is 2.81. The predicted molar refractivity (Wildman–Crippen MR) is 52.7 cm³/mol. The van der Waals surface area contributed by atoms with Gasteiger partial charge in [-0.05, 0) is 12.1 Å². The zero-order chi connectivity index (χ0) is 10.0. The maximum atomic E-state index is 10.7. The highest BCUT2D eigenvalue weighted by Gasteiger charge is 2.14. The van der Waals surface area contributed by atoms with E-state index in [0.29, 0.717) is 10.2 Å². The maximum absolute atomic E-state index is 10.7. The molecule has 0 radical (unpaired) electrons. The van der Waals surface area contributed by atoms with Crippen molar-refractivity contribution >= 4 is 33.5 Å². The van der Waals surface area contributed by atoms with E-state index in [2.05, 4.69) is 15.9 Å². The molecule has 0 aliphatic rings. The normalized spacial score (nSPS) is 9.77. The number of carboxylic acids is 1. The molecule has 0 atom stereocenters. The van der Waals surface area contributed by atoms with E-state index < -0.39 is 5.97 Å². The molecule has 0 amide bonds. The molecule has 1 rings (SSSR count). The fourth-order valence-electron chi connectivity index (χ4n) is 0.868. The second-order valence-corrected chi connectivity index (χ2v) is 3.57. The molecule has 0 unspecified atom stereocenters. The van der Waals surface area contributed by atoms with Crippen molar-refractivity contribution in [2.75, 3.05) is 7.11 Å². The Hall–Kier alpha value is -0.740. The third kappa shape index (κ3) is 2.14. The number of benzene rings is 1. The molecule has 1 N–H and O–H groups in total. The van der Waals surface area contributed by atoms with Crippen molar-refractivity contribution in [2.24, 2.45) is 0 Å². The number of methoxy groups -OCH3 is 1. The van der Waals surface area contributed by atoms with Gasteiger partial charge in [0.05, 0.1) is 17.7 Å². The first kappa shape index (κ1) is 10.3. The molecule has 70 valence electrons. The van der Waals surface area contributed by atoms with Gasteiger partial charge >= 0.3 is 5.97 Å². The molecule has 0 spiro atoms. The molecule has 5 heteroatoms. The summed E-state index contributed by atoms with van der Waals surface area (Å²) in [5.74, 6) is -0.738. The Morgan fingerprint density at radius 2 is 2.23 bits per heavy atom. The number of aromatic carboxylic acids is 1. The molecule has 0 aromatic heterocycles. The fraction of sp³-hybridized carbons (Fsp3) is 0.125. The molecule has 0 aliphatic carbocycles. The van der Waals surface area contributed by atoms with E-state index in [1.165, 1.54) is 13.2 Å². The summed E-state index contributed by atoms with van der Waals surface area (Å²) in [7, 11) is 1.43. The number of halogens is 2. The van der Waals surface area contributed by atoms with Crippen molar-refractivity contribution in [3.63, 3.8) is 0 Å². The summed E-state index contributed by atoms with van der Waals surface area (Å²) < 4.78 is 5.51. The van der Waals surface area contributed by atoms with Gasteiger partial charge < -0.3 is 9.84 Å². The van der Waals surface area contributed by atoms with Gasteiger partial charge in [0.2, 0.25) is 0 Å². The molecule has 0 saturated carbocycles. The highest BCUT2D eigenvalue weighted by Crippen LogP contribution is 2.31. The average molecular weight is 265 g/mol. The quantitative estimate of drug-likeness (QED) is 0.894. The van der Waals surface area contributed by atoms with Crippen LogP contribution in [0.5, 0.6) is 5.75 Å². The van der Waals surface area contributed by atoms with Gasteiger partial charge in [0.1, 0.15) is 5.75 Å². The SMILES string of the molecule is COc1cc(Br)cc(C(=O)O)c1Cl. The minimum atomic E-state index is -1.08. The molecule has 0 bridgehead atoms. The highest BCUT2D eigenvalue weighted by molar-refractivity contribution is 9.10. The van der Waals surface area contributed by atoms with Crippen LogP contribution >= 0.6 is 27.5 Å². The van der Waals surface area contributed by atoms with Gasteiger partial charge in [0, 0.05) is 4.47 Å². The minimum Gasteiger partial charge on any atom is -0.495 e. The lowest BCUT2D eigenvalue weighted by atomic mass is 10.2. The Kier molecular flexibility index (Phi) is 3.17. The van der Waals surface area contributed by atoms with Gasteiger partial charge in [-0.1, -0.05) is 27.5 Å². The standard InChI is InChI=1S/C8H6BrClO3/c1-13-6-3-4(9)2-5(7(6)10)8(11)12/h2-3H,1H3,(H,11,12). The summed E-state index contributed by atoms with van der Waals surface area (Å²) in [6.45, 7) is 0. The monoisotopic (exact) mass is 264 g/mol. The van der Waals surface area contributed by atoms with Gasteiger partial charge in [-0.2, -0.15) is 0 Å². The molecule has 1 aromatic carbocycles. The molecule has 0 fully saturated rings. The van der Waals surface area contributed by atoms with Gasteiger partial charge in [-0.25, -0.2) is 4.79 Å². The van der Waals surface area contributed by atoms with Gasteiger partial charge in [0.25, 0.3) is 0 Å². The molecule has 1 aromatic rings. The zero-order valence-corrected chi connectivity index (χ0v) is 9.02. The molecule has 0 aliphatic heterocycles. The first-order valence-corrected chi connectivity index (χ1v) is 4.49. The Balaban J connectivity index is 3.35. The van der Waals surface area contributed by atoms with Gasteiger partial charge in [-0.3, -0.25) is 0 Å². The largest absolute Gasteiger partial charge is 0.495 e. The molecule has 13 heavy (non-hydrogen) atoms. The zero-order valence-electron chi connectivity index (χ0n) is 6.67. The van der Waals surface area contributed by atoms with Crippen LogP contribution in [0.25, 0.3) is 0 Å². The maximum Gasteiger partial charge on any atom is 0.337 e. The van der Waals surface area contributed by atoms with Crippen molar-refractivity contribution in [1.29, 1.82) is 0 Å². The van der Waals surface area contributed by atoms with E-state index >= 15 is 0 Å². The Labute approximate surface area is 88.4 Å². The molecule has 0 saturated heterocycles. The number of carboxylic acid groups (broad SMARTS) is 1. The molecule has 3 nitrogen and oxygen atoms in total. The summed E-state index contributed by atoms with van der Waals surface area (Å²) in [4.78, 5) is 10.7. The number of hydrogen-bond acceptors (Lipinski definition) is 2. The van der Waals surface area contributed by atoms with E-state index in [4.69, 9.17) is 21.4 Å². The van der Waals surface area contributed by atoms with Crippen LogP contribution in [-0.2, 0) is 0 Å². The molecular formula is C8H6BrClO3. The lowest BCUT2D eigenvalue weighted by Gasteiger charge is -2.06. The lowest BCUT2D eigenvalue weighted by molar-refractivity contribution is 0.0696. The van der Waals surface area contributed by atoms with Crippen LogP contribution in [0.3, 0.4) is 0 Å². The van der Waals surface area contributed by atoms with Crippen LogP contribution in [0, 0.1) is 0 Å². The van der Waals surface area contributed by atoms with E-state index in [1.54, 1.807) is 6.07 Å². The van der Waals surface area contributed by atoms with Crippen LogP contribution in [-0.4, -0.2) is 18.2 Å². The Morgan fingerprint density at radius 1 is 1.62 bits per heavy atom. The van der Waals surface area contributed by atoms with Crippen molar-refractivity contribution < 1.29 is 14.6 Å². The first-order valence-electron chi connectivity index (χ1n) is 3.32. The van der Waals surface area contributed by atoms with Crippen LogP contribution in [0.2, 0.25) is 5.02 Å². The minimum absolute atomic E-state index is 0.0212. The lowest BCUT2D eigenvalue weighted by Crippen LogP contribution is -1.99. The Morgan fingerprint density at radius 3 is 2.69 bits per heavy atom. The molecular weight excluding hydrogens is 259 g/mol. The Bertz CT molecular complexity index is 351. The van der Waals surface area contributed by atoms with E-state index in [0.717, 1.165) is 0 Å². The second kappa shape index (κ2) is 3.98. The van der Waals surface area contributed by atoms with Gasteiger partial charge in [0.15, 0.2) is 0 Å². The van der Waals surface area contributed by atoms with Crippen molar-refractivity contribution in [3.05, 3.63) is 27.2 Å². The summed E-state index contributed by atoms with van der Waals surface area (Å²) in [6.07, 6.45) is 0. The first-order chi connectivity index (χ1) is 6.06. The van der Waals surface area contributed by atoms with Crippen LogP contribution in [0.4, 0.5) is 0 Å². The fourth-order valence-corrected chi connectivity index (χ4v) is 1.57. The van der Waals surface area contributed by atoms with Gasteiger partial charge in [-0.15, -0.1) is 0 Å². The number of carbonyl (C=O) groups is 1. The van der Waals surface area contributed by atoms with Crippen LogP contribution < -0.4 is 4.74 Å². The smallest absolute Gasteiger partial charge is 0.337 e. The second-order valence-electron chi connectivity index (χ2n) is 2.27. The van der Waals surface area contributed by atoms with Crippen LogP contribution in [0.1, 0.15) is 10.4 Å². The summed E-state index contributed by atoms with van der Waals surface area (Å²) in [6, 6.07) is 3.03. The topological polar surface area (TPSA) is 46.5 Å². The number of ether oxygens (including phenoxy) is 1. The third-order valence-electron chi connectivity index (χ3n) is 1.45. The highest BCUT2D eigenvalue weighted by atomic mass is 79.9. The number of hydrogen-bond donors (Lipinski definition) is 1.